The van der Waals surface area contributed by atoms with Gasteiger partial charge in [-0.25, -0.2) is 9.97 Å². The van der Waals surface area contributed by atoms with E-state index in [2.05, 4.69) is 15.2 Å². The van der Waals surface area contributed by atoms with Gasteiger partial charge in [0.1, 0.15) is 17.5 Å². The molecule has 0 aromatic carbocycles. The number of aryl methyl sites for hydroxylation is 1. The molecule has 152 valence electrons. The third kappa shape index (κ3) is 3.13. The van der Waals surface area contributed by atoms with Gasteiger partial charge in [-0.05, 0) is 57.7 Å². The molecule has 4 aliphatic rings. The van der Waals surface area contributed by atoms with Gasteiger partial charge >= 0.3 is 5.97 Å². The molecule has 2 spiro atoms. The van der Waals surface area contributed by atoms with Crippen LogP contribution < -0.4 is 5.32 Å². The number of rotatable bonds is 2. The number of aromatic nitrogens is 2. The first-order chi connectivity index (χ1) is 13.6. The minimum atomic E-state index is -0.263. The van der Waals surface area contributed by atoms with Crippen molar-refractivity contribution in [2.24, 2.45) is 5.41 Å². The molecule has 0 aliphatic carbocycles. The summed E-state index contributed by atoms with van der Waals surface area (Å²) in [6.45, 7) is 7.28. The van der Waals surface area contributed by atoms with Crippen LogP contribution in [0.4, 0.5) is 0 Å². The van der Waals surface area contributed by atoms with Gasteiger partial charge in [0.15, 0.2) is 0 Å². The van der Waals surface area contributed by atoms with E-state index < -0.39 is 0 Å². The van der Waals surface area contributed by atoms with Crippen LogP contribution in [0.15, 0.2) is 6.20 Å². The van der Waals surface area contributed by atoms with Gasteiger partial charge < -0.3 is 14.8 Å². The topological polar surface area (TPSA) is 76.6 Å². The van der Waals surface area contributed by atoms with Crippen LogP contribution in [0.25, 0.3) is 0 Å². The Balaban J connectivity index is 1.23. The number of nitrogens with zero attached hydrogens (tertiary/aromatic N) is 3. The first-order valence-corrected chi connectivity index (χ1v) is 10.7. The number of nitrogens with one attached hydrogen (secondary N) is 1. The Morgan fingerprint density at radius 2 is 2.04 bits per heavy atom. The van der Waals surface area contributed by atoms with E-state index in [1.807, 2.05) is 13.1 Å². The van der Waals surface area contributed by atoms with Crippen molar-refractivity contribution >= 4 is 5.97 Å². The Morgan fingerprint density at radius 1 is 1.25 bits per heavy atom. The minimum Gasteiger partial charge on any atom is -0.461 e. The van der Waals surface area contributed by atoms with Crippen molar-refractivity contribution in [1.29, 1.82) is 0 Å². The molecule has 1 aromatic rings. The maximum Gasteiger partial charge on any atom is 0.312 e. The number of cyclic esters (lactones) is 1. The number of esters is 1. The van der Waals surface area contributed by atoms with E-state index in [4.69, 9.17) is 14.5 Å². The number of carbonyl (C=O) groups is 1. The van der Waals surface area contributed by atoms with Gasteiger partial charge in [0.05, 0.1) is 17.7 Å². The zero-order valence-corrected chi connectivity index (χ0v) is 16.7. The smallest absolute Gasteiger partial charge is 0.312 e. The van der Waals surface area contributed by atoms with Gasteiger partial charge in [-0.15, -0.1) is 0 Å². The second-order valence-corrected chi connectivity index (χ2v) is 8.95. The van der Waals surface area contributed by atoms with Crippen LogP contribution in [0.3, 0.4) is 0 Å². The van der Waals surface area contributed by atoms with E-state index in [1.165, 1.54) is 5.56 Å². The molecule has 7 heteroatoms. The van der Waals surface area contributed by atoms with Crippen molar-refractivity contribution in [3.8, 4) is 0 Å². The predicted molar refractivity (Wildman–Crippen MR) is 103 cm³/mol. The Bertz CT molecular complexity index is 754. The molecule has 0 bridgehead atoms. The third-order valence-corrected chi connectivity index (χ3v) is 7.18. The molecule has 1 N–H and O–H groups in total. The second kappa shape index (κ2) is 7.04. The van der Waals surface area contributed by atoms with Crippen molar-refractivity contribution in [3.05, 3.63) is 23.3 Å². The largest absolute Gasteiger partial charge is 0.461 e. The van der Waals surface area contributed by atoms with E-state index in [0.29, 0.717) is 0 Å². The van der Waals surface area contributed by atoms with Gasteiger partial charge in [0.2, 0.25) is 0 Å². The van der Waals surface area contributed by atoms with Crippen molar-refractivity contribution in [2.75, 3.05) is 39.3 Å². The zero-order chi connectivity index (χ0) is 19.2. The molecular formula is C21H30N4O3. The van der Waals surface area contributed by atoms with Crippen LogP contribution in [-0.4, -0.2) is 66.3 Å². The van der Waals surface area contributed by atoms with Crippen molar-refractivity contribution in [3.63, 3.8) is 0 Å². The van der Waals surface area contributed by atoms with Crippen LogP contribution in [0, 0.1) is 12.3 Å². The summed E-state index contributed by atoms with van der Waals surface area (Å²) in [6.07, 6.45) is 7.48. The number of carbonyl (C=O) groups excluding carboxylic acids is 1. The Kier molecular flexibility index (Phi) is 4.64. The molecule has 28 heavy (non-hydrogen) atoms. The fourth-order valence-corrected chi connectivity index (χ4v) is 5.52. The van der Waals surface area contributed by atoms with Gasteiger partial charge in [0.25, 0.3) is 0 Å². The number of hydrogen-bond donors (Lipinski definition) is 1. The van der Waals surface area contributed by atoms with E-state index in [-0.39, 0.29) is 23.1 Å². The van der Waals surface area contributed by atoms with Crippen molar-refractivity contribution < 1.29 is 14.3 Å². The minimum absolute atomic E-state index is 0.0313. The summed E-state index contributed by atoms with van der Waals surface area (Å²) in [4.78, 5) is 24.1. The lowest BCUT2D eigenvalue weighted by Crippen LogP contribution is -2.48. The summed E-state index contributed by atoms with van der Waals surface area (Å²) < 4.78 is 12.1. The predicted octanol–water partition coefficient (Wildman–Crippen LogP) is 1.33. The van der Waals surface area contributed by atoms with Crippen molar-refractivity contribution in [2.45, 2.75) is 57.2 Å². The van der Waals surface area contributed by atoms with Crippen LogP contribution in [-0.2, 0) is 26.3 Å². The molecule has 1 aromatic heterocycles. The lowest BCUT2D eigenvalue weighted by molar-refractivity contribution is -0.151. The summed E-state index contributed by atoms with van der Waals surface area (Å²) in [5.41, 5.74) is 1.85. The number of likely N-dealkylation sites (tertiary alicyclic amines) is 1. The van der Waals surface area contributed by atoms with Gasteiger partial charge in [-0.1, -0.05) is 0 Å². The molecule has 5 rings (SSSR count). The zero-order valence-electron chi connectivity index (χ0n) is 16.7. The van der Waals surface area contributed by atoms with Gasteiger partial charge in [0, 0.05) is 32.3 Å². The van der Waals surface area contributed by atoms with Crippen LogP contribution in [0.1, 0.15) is 49.2 Å². The van der Waals surface area contributed by atoms with Crippen LogP contribution >= 0.6 is 0 Å². The molecule has 4 aliphatic heterocycles. The molecule has 1 unspecified atom stereocenters. The highest BCUT2D eigenvalue weighted by atomic mass is 16.6. The highest BCUT2D eigenvalue weighted by Gasteiger charge is 2.50. The SMILES string of the molecule is Cc1ncc2c(n1)C1(CCN(CC3CC4(CCNCC4)C(=O)O3)CC1)OCC2. The second-order valence-electron chi connectivity index (χ2n) is 8.95. The summed E-state index contributed by atoms with van der Waals surface area (Å²) in [7, 11) is 0. The first-order valence-electron chi connectivity index (χ1n) is 10.7. The highest BCUT2D eigenvalue weighted by Crippen LogP contribution is 2.43. The number of fused-ring (bicyclic) bond motifs is 2. The summed E-state index contributed by atoms with van der Waals surface area (Å²) in [5.74, 6) is 0.848. The van der Waals surface area contributed by atoms with E-state index in [0.717, 1.165) is 89.4 Å². The highest BCUT2D eigenvalue weighted by molar-refractivity contribution is 5.79. The van der Waals surface area contributed by atoms with Gasteiger partial charge in [-0.2, -0.15) is 0 Å². The normalized spacial score (nSPS) is 29.0. The molecule has 0 amide bonds. The Hall–Kier alpha value is -1.57. The average molecular weight is 386 g/mol. The monoisotopic (exact) mass is 386 g/mol. The van der Waals surface area contributed by atoms with Crippen LogP contribution in [0.5, 0.6) is 0 Å². The Labute approximate surface area is 166 Å². The maximum absolute atomic E-state index is 12.5. The molecule has 3 fully saturated rings. The summed E-state index contributed by atoms with van der Waals surface area (Å²) in [5, 5.41) is 3.36. The lowest BCUT2D eigenvalue weighted by Gasteiger charge is -2.44. The fourth-order valence-electron chi connectivity index (χ4n) is 5.52. The number of piperidine rings is 2. The molecule has 7 nitrogen and oxygen atoms in total. The van der Waals surface area contributed by atoms with Gasteiger partial charge in [-0.3, -0.25) is 9.69 Å². The number of hydrogen-bond acceptors (Lipinski definition) is 7. The summed E-state index contributed by atoms with van der Waals surface area (Å²) >= 11 is 0. The molecule has 3 saturated heterocycles. The summed E-state index contributed by atoms with van der Waals surface area (Å²) in [6, 6.07) is 0. The van der Waals surface area contributed by atoms with Crippen LogP contribution in [0.2, 0.25) is 0 Å². The van der Waals surface area contributed by atoms with E-state index in [1.54, 1.807) is 0 Å². The van der Waals surface area contributed by atoms with Crippen molar-refractivity contribution in [1.82, 2.24) is 20.2 Å². The fraction of sp³-hybridized carbons (Fsp3) is 0.762. The molecule has 1 atom stereocenters. The Morgan fingerprint density at radius 3 is 2.82 bits per heavy atom. The quantitative estimate of drug-likeness (QED) is 0.769. The number of ether oxygens (including phenoxy) is 2. The average Bonchev–Trinajstić information content (AvgIpc) is 2.99. The lowest BCUT2D eigenvalue weighted by atomic mass is 9.76. The molecule has 0 saturated carbocycles. The molecule has 5 heterocycles. The molecule has 0 radical (unpaired) electrons. The molecular weight excluding hydrogens is 356 g/mol. The van der Waals surface area contributed by atoms with E-state index in [9.17, 15) is 4.79 Å². The third-order valence-electron chi connectivity index (χ3n) is 7.18. The maximum atomic E-state index is 12.5. The first kappa shape index (κ1) is 18.5. The standard InChI is InChI=1S/C21H30N4O3/c1-15-23-13-16-2-11-27-21(18(16)24-15)5-9-25(10-6-21)14-17-12-20(19(26)28-17)3-7-22-8-4-20/h13,17,22H,2-12,14H2,1H3. The van der Waals surface area contributed by atoms with E-state index >= 15 is 0 Å².